The minimum atomic E-state index is -1.90. The lowest BCUT2D eigenvalue weighted by molar-refractivity contribution is -0.311. The van der Waals surface area contributed by atoms with E-state index in [9.17, 15) is 61.2 Å². The molecular formula is C33H55N13O16. The fourth-order valence-electron chi connectivity index (χ4n) is 6.43. The molecule has 3 rings (SSSR count). The van der Waals surface area contributed by atoms with E-state index in [0.29, 0.717) is 0 Å². The SMILES string of the molecule is C[C@@H](O)C1O[C@H](O[C@@H]2C(N=[N+]=[N-])[C@H](O)[C@H](NC(=O)[C@@H](O)CCN=[N+]=[N-])C[C@H]2O[C@@H]2O[C@H](CN/C(=N\C(=O)OC(C)(C)C)NC(=O)OC(C)(C)C)C(O)[C@@H]2O)C(N=[N+]=[N-])C(O)[C@@H]1O. The summed E-state index contributed by atoms with van der Waals surface area (Å²) in [6.07, 6.45) is -25.2. The first-order valence-corrected chi connectivity index (χ1v) is 19.2. The molecule has 0 spiro atoms. The zero-order valence-electron chi connectivity index (χ0n) is 34.8. The number of hydrogen-bond acceptors (Lipinski definition) is 19. The molecule has 3 fully saturated rings. The molecule has 1 aliphatic carbocycles. The average molecular weight is 890 g/mol. The van der Waals surface area contributed by atoms with Crippen molar-refractivity contribution in [3.63, 3.8) is 0 Å². The molecule has 3 amide bonds. The maximum Gasteiger partial charge on any atom is 0.437 e. The second kappa shape index (κ2) is 22.5. The Morgan fingerprint density at radius 2 is 1.44 bits per heavy atom. The number of azide groups is 3. The van der Waals surface area contributed by atoms with Gasteiger partial charge < -0.3 is 74.8 Å². The Morgan fingerprint density at radius 3 is 2.02 bits per heavy atom. The van der Waals surface area contributed by atoms with Crippen molar-refractivity contribution >= 4 is 24.1 Å². The van der Waals surface area contributed by atoms with E-state index in [1.165, 1.54) is 6.92 Å². The maximum atomic E-state index is 13.0. The number of hydrogen-bond donors (Lipinski definition) is 10. The minimum Gasteiger partial charge on any atom is -0.444 e. The van der Waals surface area contributed by atoms with Gasteiger partial charge in [0.2, 0.25) is 11.9 Å². The predicted molar refractivity (Wildman–Crippen MR) is 207 cm³/mol. The van der Waals surface area contributed by atoms with Gasteiger partial charge in [-0.3, -0.25) is 10.1 Å². The summed E-state index contributed by atoms with van der Waals surface area (Å²) in [6, 6.07) is -4.92. The molecule has 3 aliphatic rings. The number of alkyl carbamates (subject to hydrolysis) is 1. The number of amides is 3. The number of carbonyl (C=O) groups is 3. The number of nitrogens with zero attached hydrogens (tertiary/aromatic N) is 10. The van der Waals surface area contributed by atoms with Crippen molar-refractivity contribution in [1.82, 2.24) is 16.0 Å². The van der Waals surface area contributed by atoms with Crippen LogP contribution in [0.25, 0.3) is 31.3 Å². The van der Waals surface area contributed by atoms with Crippen molar-refractivity contribution in [2.24, 2.45) is 20.3 Å². The number of aliphatic imine (C=N–C) groups is 1. The molecule has 348 valence electrons. The quantitative estimate of drug-likeness (QED) is 0.0332. The Bertz CT molecular complexity index is 1730. The van der Waals surface area contributed by atoms with Crippen LogP contribution in [0, 0.1) is 0 Å². The predicted octanol–water partition coefficient (Wildman–Crippen LogP) is -0.895. The van der Waals surface area contributed by atoms with Crippen molar-refractivity contribution in [1.29, 1.82) is 0 Å². The summed E-state index contributed by atoms with van der Waals surface area (Å²) < 4.78 is 34.1. The van der Waals surface area contributed by atoms with E-state index in [2.05, 4.69) is 51.0 Å². The van der Waals surface area contributed by atoms with E-state index in [0.717, 1.165) is 0 Å². The smallest absolute Gasteiger partial charge is 0.437 e. The molecule has 0 bridgehead atoms. The van der Waals surface area contributed by atoms with Gasteiger partial charge in [-0.05, 0) is 77.9 Å². The highest BCUT2D eigenvalue weighted by Gasteiger charge is 2.54. The molecule has 2 heterocycles. The Balaban J connectivity index is 1.98. The van der Waals surface area contributed by atoms with Gasteiger partial charge in [0.15, 0.2) is 12.6 Å². The van der Waals surface area contributed by atoms with Gasteiger partial charge in [0.1, 0.15) is 53.9 Å². The zero-order valence-corrected chi connectivity index (χ0v) is 34.8. The molecular weight excluding hydrogens is 834 g/mol. The van der Waals surface area contributed by atoms with E-state index in [4.69, 9.17) is 34.0 Å². The second-order valence-electron chi connectivity index (χ2n) is 16.4. The van der Waals surface area contributed by atoms with Gasteiger partial charge in [0.25, 0.3) is 0 Å². The van der Waals surface area contributed by atoms with E-state index in [1.807, 2.05) is 0 Å². The summed E-state index contributed by atoms with van der Waals surface area (Å²) in [4.78, 5) is 49.8. The van der Waals surface area contributed by atoms with Crippen LogP contribution in [0.2, 0.25) is 0 Å². The third kappa shape index (κ3) is 14.6. The van der Waals surface area contributed by atoms with Gasteiger partial charge in [-0.25, -0.2) is 9.59 Å². The molecule has 2 aliphatic heterocycles. The molecule has 5 unspecified atom stereocenters. The van der Waals surface area contributed by atoms with Crippen LogP contribution in [-0.4, -0.2) is 182 Å². The molecule has 29 heteroatoms. The van der Waals surface area contributed by atoms with Crippen LogP contribution in [-0.2, 0) is 33.2 Å². The van der Waals surface area contributed by atoms with Crippen molar-refractivity contribution in [2.75, 3.05) is 13.1 Å². The van der Waals surface area contributed by atoms with Gasteiger partial charge in [0.05, 0.1) is 42.6 Å². The first kappa shape index (κ1) is 51.5. The van der Waals surface area contributed by atoms with E-state index < -0.39 is 146 Å². The van der Waals surface area contributed by atoms with Gasteiger partial charge in [-0.2, -0.15) is 0 Å². The Kier molecular flexibility index (Phi) is 18.7. The van der Waals surface area contributed by atoms with Gasteiger partial charge >= 0.3 is 12.2 Å². The fraction of sp³-hybridized carbons (Fsp3) is 0.879. The van der Waals surface area contributed by atoms with Gasteiger partial charge in [-0.1, -0.05) is 15.3 Å². The van der Waals surface area contributed by atoms with Crippen LogP contribution < -0.4 is 16.0 Å². The van der Waals surface area contributed by atoms with Crippen LogP contribution in [0.15, 0.2) is 20.3 Å². The molecule has 10 N–H and O–H groups in total. The molecule has 0 aromatic heterocycles. The van der Waals surface area contributed by atoms with Gasteiger partial charge in [-0.15, -0.1) is 4.99 Å². The number of nitrogens with one attached hydrogen (secondary N) is 3. The van der Waals surface area contributed by atoms with Crippen molar-refractivity contribution in [3.8, 4) is 0 Å². The van der Waals surface area contributed by atoms with Gasteiger partial charge in [0, 0.05) is 27.8 Å². The molecule has 0 aromatic rings. The van der Waals surface area contributed by atoms with Crippen LogP contribution in [0.3, 0.4) is 0 Å². The van der Waals surface area contributed by atoms with Crippen LogP contribution in [0.4, 0.5) is 9.59 Å². The third-order valence-corrected chi connectivity index (χ3v) is 9.20. The summed E-state index contributed by atoms with van der Waals surface area (Å²) in [5.74, 6) is -1.56. The Labute approximate surface area is 353 Å². The normalized spacial score (nSPS) is 33.6. The topological polar surface area (TPSA) is 443 Å². The fourth-order valence-corrected chi connectivity index (χ4v) is 6.43. The monoisotopic (exact) mass is 889 g/mol. The van der Waals surface area contributed by atoms with E-state index >= 15 is 0 Å². The summed E-state index contributed by atoms with van der Waals surface area (Å²) in [5, 5.41) is 93.4. The zero-order chi connectivity index (χ0) is 46.7. The number of rotatable bonds is 14. The van der Waals surface area contributed by atoms with E-state index in [1.54, 1.807) is 41.5 Å². The highest BCUT2D eigenvalue weighted by atomic mass is 16.7. The van der Waals surface area contributed by atoms with Crippen LogP contribution >= 0.6 is 0 Å². The maximum absolute atomic E-state index is 13.0. The first-order chi connectivity index (χ1) is 28.9. The van der Waals surface area contributed by atoms with E-state index in [-0.39, 0.29) is 13.0 Å². The largest absolute Gasteiger partial charge is 0.444 e. The average Bonchev–Trinajstić information content (AvgIpc) is 3.42. The molecule has 0 radical (unpaired) electrons. The standard InChI is InChI=1S/C33H55N13O16/c1-12(47)24-22(52)21(51)18(43-46-36)27(59-24)60-25-15(10-13(19(49)17(25)42-45-35)39-26(54)14(48)8-9-38-44-34)57-28-23(53)20(50)16(58-28)11-37-29(40-30(55)61-32(2,3)4)41-31(56)62-33(5,6)7/h12-25,27-28,47-53H,8-11H2,1-7H3,(H,39,54)(H2,37,40,41,55,56)/t12-,13-,14+,15-,16-,17?,18?,19-,20?,21?,22+,23+,24?,25+,27-,28-/m1/s1. The Morgan fingerprint density at radius 1 is 0.806 bits per heavy atom. The van der Waals surface area contributed by atoms with Crippen LogP contribution in [0.5, 0.6) is 0 Å². The highest BCUT2D eigenvalue weighted by molar-refractivity contribution is 5.98. The second-order valence-corrected chi connectivity index (χ2v) is 16.4. The summed E-state index contributed by atoms with van der Waals surface area (Å²) in [7, 11) is 0. The lowest BCUT2D eigenvalue weighted by Gasteiger charge is -2.48. The van der Waals surface area contributed by atoms with Crippen molar-refractivity contribution in [3.05, 3.63) is 31.3 Å². The summed E-state index contributed by atoms with van der Waals surface area (Å²) >= 11 is 0. The molecule has 1 saturated carbocycles. The third-order valence-electron chi connectivity index (χ3n) is 9.20. The summed E-state index contributed by atoms with van der Waals surface area (Å²) in [6.45, 7) is 9.95. The number of carbonyl (C=O) groups excluding carboxylic acids is 3. The first-order valence-electron chi connectivity index (χ1n) is 19.2. The molecule has 29 nitrogen and oxygen atoms in total. The van der Waals surface area contributed by atoms with Crippen molar-refractivity contribution in [2.45, 2.75) is 170 Å². The molecule has 62 heavy (non-hydrogen) atoms. The summed E-state index contributed by atoms with van der Waals surface area (Å²) in [5.41, 5.74) is 25.4. The van der Waals surface area contributed by atoms with Crippen LogP contribution in [0.1, 0.15) is 61.3 Å². The number of aliphatic hydroxyl groups excluding tert-OH is 7. The lowest BCUT2D eigenvalue weighted by Crippen LogP contribution is -2.66. The minimum absolute atomic E-state index is 0.274. The Hall–Kier alpha value is -4.83. The number of ether oxygens (including phenoxy) is 6. The molecule has 2 saturated heterocycles. The molecule has 0 aromatic carbocycles. The lowest BCUT2D eigenvalue weighted by atomic mass is 9.83. The van der Waals surface area contributed by atoms with Crippen molar-refractivity contribution < 1.29 is 78.6 Å². The number of aliphatic hydroxyl groups is 7. The highest BCUT2D eigenvalue weighted by Crippen LogP contribution is 2.36. The molecule has 16 atom stereocenters. The number of guanidine groups is 1.